The van der Waals surface area contributed by atoms with Gasteiger partial charge in [0.15, 0.2) is 0 Å². The lowest BCUT2D eigenvalue weighted by Crippen LogP contribution is -2.09. The van der Waals surface area contributed by atoms with Gasteiger partial charge in [0.05, 0.1) is 11.0 Å². The first-order valence-electron chi connectivity index (χ1n) is 9.75. The van der Waals surface area contributed by atoms with E-state index in [1.165, 1.54) is 5.56 Å². The molecule has 0 amide bonds. The molecule has 0 aliphatic carbocycles. The van der Waals surface area contributed by atoms with Crippen molar-refractivity contribution >= 4 is 28.1 Å². The molecule has 0 spiro atoms. The zero-order chi connectivity index (χ0) is 19.6. The molecular weight excluding hydrogens is 354 g/mol. The van der Waals surface area contributed by atoms with Crippen LogP contribution in [0.15, 0.2) is 103 Å². The number of imidazole rings is 1. The van der Waals surface area contributed by atoms with Gasteiger partial charge in [-0.25, -0.2) is 4.98 Å². The zero-order valence-corrected chi connectivity index (χ0v) is 16.2. The van der Waals surface area contributed by atoms with E-state index in [4.69, 9.17) is 4.98 Å². The van der Waals surface area contributed by atoms with Crippen molar-refractivity contribution in [3.05, 3.63) is 109 Å². The first-order valence-corrected chi connectivity index (χ1v) is 9.75. The average molecular weight is 375 g/mol. The highest BCUT2D eigenvalue weighted by Gasteiger charge is 2.12. The molecule has 0 atom stereocenters. The van der Waals surface area contributed by atoms with Crippen LogP contribution in [0.1, 0.15) is 5.56 Å². The lowest BCUT2D eigenvalue weighted by Gasteiger charge is -2.25. The van der Waals surface area contributed by atoms with E-state index < -0.39 is 0 Å². The summed E-state index contributed by atoms with van der Waals surface area (Å²) in [4.78, 5) is 10.4. The molecule has 3 heteroatoms. The minimum absolute atomic E-state index is 0.892. The van der Waals surface area contributed by atoms with Gasteiger partial charge in [-0.1, -0.05) is 42.5 Å². The van der Waals surface area contributed by atoms with E-state index in [-0.39, 0.29) is 0 Å². The lowest BCUT2D eigenvalue weighted by molar-refractivity contribution is 1.28. The molecule has 29 heavy (non-hydrogen) atoms. The molecule has 1 aromatic heterocycles. The van der Waals surface area contributed by atoms with Gasteiger partial charge in [0.25, 0.3) is 0 Å². The summed E-state index contributed by atoms with van der Waals surface area (Å²) in [6.07, 6.45) is 0. The van der Waals surface area contributed by atoms with Gasteiger partial charge < -0.3 is 9.88 Å². The number of rotatable bonds is 4. The van der Waals surface area contributed by atoms with E-state index in [9.17, 15) is 0 Å². The number of para-hydroxylation sites is 2. The Bertz CT molecular complexity index is 1200. The van der Waals surface area contributed by atoms with E-state index in [1.54, 1.807) is 0 Å². The predicted molar refractivity (Wildman–Crippen MR) is 121 cm³/mol. The number of aromatic nitrogens is 2. The van der Waals surface area contributed by atoms with Crippen molar-refractivity contribution < 1.29 is 0 Å². The molecule has 0 radical (unpaired) electrons. The van der Waals surface area contributed by atoms with Gasteiger partial charge in [0.2, 0.25) is 0 Å². The van der Waals surface area contributed by atoms with E-state index in [0.717, 1.165) is 39.5 Å². The Labute approximate surface area is 170 Å². The van der Waals surface area contributed by atoms with Crippen molar-refractivity contribution in [1.82, 2.24) is 9.97 Å². The second-order valence-electron chi connectivity index (χ2n) is 7.16. The maximum absolute atomic E-state index is 4.75. The molecule has 0 fully saturated rings. The van der Waals surface area contributed by atoms with E-state index in [0.29, 0.717) is 0 Å². The summed E-state index contributed by atoms with van der Waals surface area (Å²) in [5.41, 5.74) is 7.73. The fourth-order valence-corrected chi connectivity index (χ4v) is 3.63. The van der Waals surface area contributed by atoms with Crippen LogP contribution < -0.4 is 4.90 Å². The topological polar surface area (TPSA) is 31.9 Å². The Balaban J connectivity index is 1.54. The highest BCUT2D eigenvalue weighted by Crippen LogP contribution is 2.35. The fraction of sp³-hybridized carbons (Fsp3) is 0.0385. The molecule has 140 valence electrons. The highest BCUT2D eigenvalue weighted by atomic mass is 15.1. The van der Waals surface area contributed by atoms with Crippen molar-refractivity contribution in [3.63, 3.8) is 0 Å². The molecule has 3 nitrogen and oxygen atoms in total. The largest absolute Gasteiger partial charge is 0.338 e. The summed E-state index contributed by atoms with van der Waals surface area (Å²) in [5, 5.41) is 0. The summed E-state index contributed by atoms with van der Waals surface area (Å²) in [5.74, 6) is 0.892. The van der Waals surface area contributed by atoms with Crippen LogP contribution in [0, 0.1) is 6.92 Å². The Morgan fingerprint density at radius 2 is 1.24 bits per heavy atom. The average Bonchev–Trinajstić information content (AvgIpc) is 3.19. The first kappa shape index (κ1) is 17.3. The maximum Gasteiger partial charge on any atom is 0.138 e. The Morgan fingerprint density at radius 1 is 0.655 bits per heavy atom. The number of H-pyrrole nitrogens is 1. The van der Waals surface area contributed by atoms with Crippen LogP contribution in [0.2, 0.25) is 0 Å². The van der Waals surface area contributed by atoms with Crippen LogP contribution in [0.25, 0.3) is 22.4 Å². The number of hydrogen-bond acceptors (Lipinski definition) is 2. The number of aryl methyl sites for hydroxylation is 1. The predicted octanol–water partition coefficient (Wildman–Crippen LogP) is 7.01. The maximum atomic E-state index is 4.75. The van der Waals surface area contributed by atoms with Gasteiger partial charge >= 0.3 is 0 Å². The third-order valence-electron chi connectivity index (χ3n) is 5.07. The minimum atomic E-state index is 0.892. The number of aromatic amines is 1. The number of nitrogens with one attached hydrogen (secondary N) is 1. The first-order chi connectivity index (χ1) is 14.3. The molecule has 0 saturated heterocycles. The summed E-state index contributed by atoms with van der Waals surface area (Å²) in [6.45, 7) is 2.09. The van der Waals surface area contributed by atoms with E-state index in [2.05, 4.69) is 108 Å². The lowest BCUT2D eigenvalue weighted by atomic mass is 10.1. The number of hydrogen-bond donors (Lipinski definition) is 1. The second kappa shape index (κ2) is 7.28. The Hall–Kier alpha value is -3.85. The Kier molecular flexibility index (Phi) is 4.34. The van der Waals surface area contributed by atoms with Crippen molar-refractivity contribution in [2.45, 2.75) is 6.92 Å². The van der Waals surface area contributed by atoms with Gasteiger partial charge in [-0.15, -0.1) is 0 Å². The van der Waals surface area contributed by atoms with E-state index >= 15 is 0 Å². The van der Waals surface area contributed by atoms with Crippen LogP contribution in [0.4, 0.5) is 17.1 Å². The molecule has 1 N–H and O–H groups in total. The smallest absolute Gasteiger partial charge is 0.138 e. The van der Waals surface area contributed by atoms with Crippen LogP contribution in [0.5, 0.6) is 0 Å². The molecule has 5 aromatic rings. The standard InChI is InChI=1S/C26H21N3/c1-19-12-17-24-25(18-19)28-26(27-24)20-13-15-23(16-14-20)29(21-8-4-2-5-9-21)22-10-6-3-7-11-22/h2-18H,1H3,(H,27,28). The fourth-order valence-electron chi connectivity index (χ4n) is 3.63. The van der Waals surface area contributed by atoms with Crippen LogP contribution in [-0.4, -0.2) is 9.97 Å². The molecule has 0 aliphatic heterocycles. The third-order valence-corrected chi connectivity index (χ3v) is 5.07. The SMILES string of the molecule is Cc1ccc2nc(-c3ccc(N(c4ccccc4)c4ccccc4)cc3)[nH]c2c1. The summed E-state index contributed by atoms with van der Waals surface area (Å²) in [6, 6.07) is 35.7. The molecule has 0 saturated carbocycles. The molecule has 4 aromatic carbocycles. The summed E-state index contributed by atoms with van der Waals surface area (Å²) >= 11 is 0. The number of benzene rings is 4. The van der Waals surface area contributed by atoms with Crippen molar-refractivity contribution in [2.24, 2.45) is 0 Å². The molecule has 0 aliphatic rings. The molecular formula is C26H21N3. The van der Waals surface area contributed by atoms with Crippen LogP contribution in [-0.2, 0) is 0 Å². The van der Waals surface area contributed by atoms with Gasteiger partial charge in [-0.3, -0.25) is 0 Å². The van der Waals surface area contributed by atoms with Gasteiger partial charge in [0.1, 0.15) is 5.82 Å². The third kappa shape index (κ3) is 3.39. The quantitative estimate of drug-likeness (QED) is 0.366. The molecule has 5 rings (SSSR count). The minimum Gasteiger partial charge on any atom is -0.338 e. The van der Waals surface area contributed by atoms with Gasteiger partial charge in [-0.2, -0.15) is 0 Å². The highest BCUT2D eigenvalue weighted by molar-refractivity contribution is 5.81. The molecule has 1 heterocycles. The normalized spacial score (nSPS) is 10.9. The molecule has 0 unspecified atom stereocenters. The summed E-state index contributed by atoms with van der Waals surface area (Å²) < 4.78 is 0. The second-order valence-corrected chi connectivity index (χ2v) is 7.16. The Morgan fingerprint density at radius 3 is 1.86 bits per heavy atom. The molecule has 0 bridgehead atoms. The van der Waals surface area contributed by atoms with Crippen molar-refractivity contribution in [1.29, 1.82) is 0 Å². The summed E-state index contributed by atoms with van der Waals surface area (Å²) in [7, 11) is 0. The van der Waals surface area contributed by atoms with Crippen molar-refractivity contribution in [3.8, 4) is 11.4 Å². The number of nitrogens with zero attached hydrogens (tertiary/aromatic N) is 2. The number of anilines is 3. The van der Waals surface area contributed by atoms with Gasteiger partial charge in [-0.05, 0) is 73.2 Å². The van der Waals surface area contributed by atoms with E-state index in [1.807, 2.05) is 12.1 Å². The van der Waals surface area contributed by atoms with Crippen LogP contribution in [0.3, 0.4) is 0 Å². The van der Waals surface area contributed by atoms with Crippen LogP contribution >= 0.6 is 0 Å². The zero-order valence-electron chi connectivity index (χ0n) is 16.2. The van der Waals surface area contributed by atoms with Crippen molar-refractivity contribution in [2.75, 3.05) is 4.90 Å². The van der Waals surface area contributed by atoms with Gasteiger partial charge in [0, 0.05) is 22.6 Å². The monoisotopic (exact) mass is 375 g/mol. The number of fused-ring (bicyclic) bond motifs is 1.